The monoisotopic (exact) mass is 364 g/mol. The fourth-order valence-electron chi connectivity index (χ4n) is 2.78. The minimum absolute atomic E-state index is 0.108. The Bertz CT molecular complexity index is 861. The fraction of sp³-hybridized carbons (Fsp3) is 0.438. The first-order chi connectivity index (χ1) is 11.8. The van der Waals surface area contributed by atoms with Crippen molar-refractivity contribution in [3.8, 4) is 11.5 Å². The normalized spacial score (nSPS) is 16.6. The summed E-state index contributed by atoms with van der Waals surface area (Å²) in [6, 6.07) is 6.97. The molecule has 2 heterocycles. The van der Waals surface area contributed by atoms with Crippen LogP contribution in [0.15, 0.2) is 28.8 Å². The first-order valence-electron chi connectivity index (χ1n) is 8.00. The summed E-state index contributed by atoms with van der Waals surface area (Å²) in [6.45, 7) is 3.43. The molecule has 0 saturated carbocycles. The highest BCUT2D eigenvalue weighted by Gasteiger charge is 2.24. The second-order valence-corrected chi connectivity index (χ2v) is 8.01. The number of amides is 1. The standard InChI is InChI=1S/C16H20N4O4S/c1-12-17-15(24-18-12)13-4-6-14(7-5-13)16(21)19-8-3-9-20(11-10-19)25(2,22)23/h4-7H,3,8-11H2,1-2H3. The molecule has 1 aliphatic rings. The number of nitrogens with zero attached hydrogens (tertiary/aromatic N) is 4. The van der Waals surface area contributed by atoms with Crippen molar-refractivity contribution in [2.75, 3.05) is 32.4 Å². The first-order valence-corrected chi connectivity index (χ1v) is 9.84. The molecule has 0 aliphatic carbocycles. The zero-order valence-electron chi connectivity index (χ0n) is 14.2. The molecule has 3 rings (SSSR count). The Morgan fingerprint density at radius 1 is 1.12 bits per heavy atom. The lowest BCUT2D eigenvalue weighted by Crippen LogP contribution is -2.36. The summed E-state index contributed by atoms with van der Waals surface area (Å²) in [5.74, 6) is 0.855. The van der Waals surface area contributed by atoms with Gasteiger partial charge in [-0.2, -0.15) is 4.98 Å². The van der Waals surface area contributed by atoms with Crippen molar-refractivity contribution in [3.05, 3.63) is 35.7 Å². The molecule has 0 bridgehead atoms. The van der Waals surface area contributed by atoms with Gasteiger partial charge in [-0.05, 0) is 37.6 Å². The minimum atomic E-state index is -3.23. The third kappa shape index (κ3) is 4.05. The topological polar surface area (TPSA) is 96.6 Å². The van der Waals surface area contributed by atoms with E-state index in [-0.39, 0.29) is 5.91 Å². The Balaban J connectivity index is 1.70. The first kappa shape index (κ1) is 17.6. The Kier molecular flexibility index (Phi) is 4.87. The van der Waals surface area contributed by atoms with Crippen molar-refractivity contribution in [2.24, 2.45) is 0 Å². The van der Waals surface area contributed by atoms with E-state index in [9.17, 15) is 13.2 Å². The maximum absolute atomic E-state index is 12.7. The van der Waals surface area contributed by atoms with Crippen molar-refractivity contribution < 1.29 is 17.7 Å². The van der Waals surface area contributed by atoms with Crippen molar-refractivity contribution in [1.29, 1.82) is 0 Å². The Labute approximate surface area is 146 Å². The van der Waals surface area contributed by atoms with Gasteiger partial charge >= 0.3 is 0 Å². The highest BCUT2D eigenvalue weighted by atomic mass is 32.2. The van der Waals surface area contributed by atoms with Gasteiger partial charge in [0.15, 0.2) is 5.82 Å². The van der Waals surface area contributed by atoms with Crippen LogP contribution < -0.4 is 0 Å². The van der Waals surface area contributed by atoms with Gasteiger partial charge in [0.2, 0.25) is 10.0 Å². The lowest BCUT2D eigenvalue weighted by atomic mass is 10.1. The molecule has 0 spiro atoms. The van der Waals surface area contributed by atoms with Gasteiger partial charge in [-0.15, -0.1) is 0 Å². The zero-order chi connectivity index (χ0) is 18.0. The van der Waals surface area contributed by atoms with Crippen LogP contribution in [0, 0.1) is 6.92 Å². The molecule has 1 saturated heterocycles. The van der Waals surface area contributed by atoms with E-state index in [0.717, 1.165) is 5.56 Å². The summed E-state index contributed by atoms with van der Waals surface area (Å²) >= 11 is 0. The highest BCUT2D eigenvalue weighted by molar-refractivity contribution is 7.88. The molecule has 1 amide bonds. The maximum atomic E-state index is 12.7. The van der Waals surface area contributed by atoms with Crippen LogP contribution >= 0.6 is 0 Å². The summed E-state index contributed by atoms with van der Waals surface area (Å²) in [4.78, 5) is 18.5. The van der Waals surface area contributed by atoms with Crippen molar-refractivity contribution >= 4 is 15.9 Å². The van der Waals surface area contributed by atoms with Crippen LogP contribution in [0.5, 0.6) is 0 Å². The lowest BCUT2D eigenvalue weighted by molar-refractivity contribution is 0.0764. The highest BCUT2D eigenvalue weighted by Crippen LogP contribution is 2.19. The van der Waals surface area contributed by atoms with Gasteiger partial charge in [-0.25, -0.2) is 12.7 Å². The van der Waals surface area contributed by atoms with Crippen molar-refractivity contribution in [3.63, 3.8) is 0 Å². The molecule has 0 N–H and O–H groups in total. The molecule has 1 fully saturated rings. The van der Waals surface area contributed by atoms with Crippen LogP contribution in [0.3, 0.4) is 0 Å². The summed E-state index contributed by atoms with van der Waals surface area (Å²) in [5.41, 5.74) is 1.30. The number of aromatic nitrogens is 2. The maximum Gasteiger partial charge on any atom is 0.257 e. The number of sulfonamides is 1. The number of hydrogen-bond acceptors (Lipinski definition) is 6. The van der Waals surface area contributed by atoms with Crippen molar-refractivity contribution in [2.45, 2.75) is 13.3 Å². The quantitative estimate of drug-likeness (QED) is 0.811. The lowest BCUT2D eigenvalue weighted by Gasteiger charge is -2.21. The molecular weight excluding hydrogens is 344 g/mol. The van der Waals surface area contributed by atoms with Gasteiger partial charge in [0.25, 0.3) is 11.8 Å². The smallest absolute Gasteiger partial charge is 0.257 e. The summed E-state index contributed by atoms with van der Waals surface area (Å²) in [5, 5.41) is 3.75. The van der Waals surface area contributed by atoms with Gasteiger partial charge in [-0.1, -0.05) is 5.16 Å². The van der Waals surface area contributed by atoms with Crippen LogP contribution in [0.1, 0.15) is 22.6 Å². The molecule has 134 valence electrons. The van der Waals surface area contributed by atoms with Gasteiger partial charge in [0.1, 0.15) is 0 Å². The molecule has 0 radical (unpaired) electrons. The molecular formula is C16H20N4O4S. The molecule has 25 heavy (non-hydrogen) atoms. The minimum Gasteiger partial charge on any atom is -0.337 e. The fourth-order valence-corrected chi connectivity index (χ4v) is 3.65. The number of aryl methyl sites for hydroxylation is 1. The Morgan fingerprint density at radius 3 is 2.44 bits per heavy atom. The van der Waals surface area contributed by atoms with E-state index in [4.69, 9.17) is 4.52 Å². The molecule has 0 atom stereocenters. The predicted molar refractivity (Wildman–Crippen MR) is 91.4 cm³/mol. The van der Waals surface area contributed by atoms with E-state index in [1.54, 1.807) is 36.1 Å². The summed E-state index contributed by atoms with van der Waals surface area (Å²) < 4.78 is 29.9. The van der Waals surface area contributed by atoms with Crippen molar-refractivity contribution in [1.82, 2.24) is 19.3 Å². The summed E-state index contributed by atoms with van der Waals surface area (Å²) in [7, 11) is -3.23. The predicted octanol–water partition coefficient (Wildman–Crippen LogP) is 1.15. The second kappa shape index (κ2) is 6.93. The third-order valence-electron chi connectivity index (χ3n) is 4.12. The molecule has 1 aliphatic heterocycles. The van der Waals surface area contributed by atoms with Crippen LogP contribution in [-0.4, -0.2) is 66.1 Å². The average molecular weight is 364 g/mol. The van der Waals surface area contributed by atoms with E-state index in [0.29, 0.717) is 49.9 Å². The van der Waals surface area contributed by atoms with Crippen LogP contribution in [-0.2, 0) is 10.0 Å². The third-order valence-corrected chi connectivity index (χ3v) is 5.42. The van der Waals surface area contributed by atoms with E-state index in [2.05, 4.69) is 10.1 Å². The van der Waals surface area contributed by atoms with Gasteiger partial charge < -0.3 is 9.42 Å². The number of carbonyl (C=O) groups excluding carboxylic acids is 1. The van der Waals surface area contributed by atoms with Gasteiger partial charge in [0, 0.05) is 37.3 Å². The molecule has 9 heteroatoms. The Hall–Kier alpha value is -2.26. The van der Waals surface area contributed by atoms with Gasteiger partial charge in [0.05, 0.1) is 6.26 Å². The van der Waals surface area contributed by atoms with Crippen LogP contribution in [0.2, 0.25) is 0 Å². The molecule has 1 aromatic heterocycles. The Morgan fingerprint density at radius 2 is 1.84 bits per heavy atom. The van der Waals surface area contributed by atoms with E-state index >= 15 is 0 Å². The largest absolute Gasteiger partial charge is 0.337 e. The summed E-state index contributed by atoms with van der Waals surface area (Å²) in [6.07, 6.45) is 1.82. The van der Waals surface area contributed by atoms with Gasteiger partial charge in [-0.3, -0.25) is 4.79 Å². The second-order valence-electron chi connectivity index (χ2n) is 6.03. The molecule has 1 aromatic carbocycles. The number of rotatable bonds is 3. The van der Waals surface area contributed by atoms with E-state index in [1.165, 1.54) is 10.6 Å². The average Bonchev–Trinajstić information content (AvgIpc) is 2.85. The number of hydrogen-bond donors (Lipinski definition) is 0. The van der Waals surface area contributed by atoms with E-state index < -0.39 is 10.0 Å². The van der Waals surface area contributed by atoms with E-state index in [1.807, 2.05) is 0 Å². The molecule has 0 unspecified atom stereocenters. The molecule has 8 nitrogen and oxygen atoms in total. The number of benzene rings is 1. The van der Waals surface area contributed by atoms with Crippen LogP contribution in [0.4, 0.5) is 0 Å². The zero-order valence-corrected chi connectivity index (χ0v) is 15.0. The number of carbonyl (C=O) groups is 1. The van der Waals surface area contributed by atoms with Crippen LogP contribution in [0.25, 0.3) is 11.5 Å². The SMILES string of the molecule is Cc1noc(-c2ccc(C(=O)N3CCCN(S(C)(=O)=O)CC3)cc2)n1. The molecule has 2 aromatic rings.